The maximum Gasteiger partial charge on any atom is 0.306 e. The van der Waals surface area contributed by atoms with E-state index in [9.17, 15) is 9.59 Å². The Morgan fingerprint density at radius 2 is 1.71 bits per heavy atom. The van der Waals surface area contributed by atoms with Crippen LogP contribution in [0.1, 0.15) is 31.2 Å². The number of para-hydroxylation sites is 2. The van der Waals surface area contributed by atoms with E-state index in [4.69, 9.17) is 14.6 Å². The summed E-state index contributed by atoms with van der Waals surface area (Å²) >= 11 is 0. The van der Waals surface area contributed by atoms with Gasteiger partial charge in [-0.3, -0.25) is 9.59 Å². The minimum absolute atomic E-state index is 0.0692. The Balaban J connectivity index is 1.53. The fourth-order valence-corrected chi connectivity index (χ4v) is 3.49. The van der Waals surface area contributed by atoms with Gasteiger partial charge in [0.1, 0.15) is 5.75 Å². The summed E-state index contributed by atoms with van der Waals surface area (Å²) in [4.78, 5) is 23.5. The maximum atomic E-state index is 12.4. The van der Waals surface area contributed by atoms with E-state index in [1.54, 1.807) is 7.11 Å². The Morgan fingerprint density at radius 1 is 1.04 bits per heavy atom. The van der Waals surface area contributed by atoms with Gasteiger partial charge < -0.3 is 19.9 Å². The Morgan fingerprint density at radius 3 is 2.39 bits per heavy atom. The van der Waals surface area contributed by atoms with Crippen LogP contribution in [-0.2, 0) is 16.1 Å². The van der Waals surface area contributed by atoms with E-state index >= 15 is 0 Å². The molecule has 1 saturated carbocycles. The fourth-order valence-electron chi connectivity index (χ4n) is 3.49. The average Bonchev–Trinajstić information content (AvgIpc) is 2.73. The van der Waals surface area contributed by atoms with Crippen molar-refractivity contribution < 1.29 is 24.2 Å². The van der Waals surface area contributed by atoms with E-state index in [1.165, 1.54) is 0 Å². The third-order valence-electron chi connectivity index (χ3n) is 5.08. The zero-order valence-electron chi connectivity index (χ0n) is 15.9. The van der Waals surface area contributed by atoms with Gasteiger partial charge in [-0.15, -0.1) is 0 Å². The number of carboxylic acids is 1. The van der Waals surface area contributed by atoms with Crippen LogP contribution in [0.4, 0.5) is 0 Å². The zero-order valence-corrected chi connectivity index (χ0v) is 15.9. The summed E-state index contributed by atoms with van der Waals surface area (Å²) in [5.74, 6) is 0.473. The first kappa shape index (κ1) is 19.7. The SMILES string of the molecule is COc1ccccc1Oc1ccc(CNC(=O)C2CCCC(C(=O)O)C2)cc1. The van der Waals surface area contributed by atoms with Crippen LogP contribution in [0, 0.1) is 11.8 Å². The molecule has 2 atom stereocenters. The van der Waals surface area contributed by atoms with Gasteiger partial charge in [0.05, 0.1) is 13.0 Å². The third kappa shape index (κ3) is 5.03. The number of amides is 1. The molecule has 1 fully saturated rings. The molecule has 2 N–H and O–H groups in total. The average molecular weight is 383 g/mol. The number of ether oxygens (including phenoxy) is 2. The summed E-state index contributed by atoms with van der Waals surface area (Å²) in [6, 6.07) is 14.9. The molecule has 1 aliphatic carbocycles. The summed E-state index contributed by atoms with van der Waals surface area (Å²) in [5, 5.41) is 12.1. The highest BCUT2D eigenvalue weighted by Crippen LogP contribution is 2.31. The van der Waals surface area contributed by atoms with Crippen molar-refractivity contribution in [1.29, 1.82) is 0 Å². The number of carbonyl (C=O) groups is 2. The lowest BCUT2D eigenvalue weighted by molar-refractivity contribution is -0.144. The number of nitrogens with one attached hydrogen (secondary N) is 1. The molecule has 0 radical (unpaired) electrons. The van der Waals surface area contributed by atoms with Crippen molar-refractivity contribution in [3.05, 3.63) is 54.1 Å². The molecular formula is C22H25NO5. The Labute approximate surface area is 164 Å². The molecule has 1 aliphatic rings. The zero-order chi connectivity index (χ0) is 19.9. The molecule has 0 saturated heterocycles. The van der Waals surface area contributed by atoms with Crippen LogP contribution in [-0.4, -0.2) is 24.1 Å². The largest absolute Gasteiger partial charge is 0.493 e. The van der Waals surface area contributed by atoms with Crippen molar-refractivity contribution in [2.75, 3.05) is 7.11 Å². The minimum atomic E-state index is -0.803. The van der Waals surface area contributed by atoms with Crippen LogP contribution in [0.3, 0.4) is 0 Å². The topological polar surface area (TPSA) is 84.9 Å². The van der Waals surface area contributed by atoms with Crippen molar-refractivity contribution in [3.8, 4) is 17.2 Å². The van der Waals surface area contributed by atoms with Gasteiger partial charge in [0.15, 0.2) is 11.5 Å². The van der Waals surface area contributed by atoms with Gasteiger partial charge in [-0.05, 0) is 49.1 Å². The molecule has 6 heteroatoms. The van der Waals surface area contributed by atoms with E-state index in [0.29, 0.717) is 36.6 Å². The number of rotatable bonds is 7. The van der Waals surface area contributed by atoms with Crippen LogP contribution < -0.4 is 14.8 Å². The van der Waals surface area contributed by atoms with Gasteiger partial charge in [-0.1, -0.05) is 30.7 Å². The molecule has 2 unspecified atom stereocenters. The molecular weight excluding hydrogens is 358 g/mol. The standard InChI is InChI=1S/C22H25NO5/c1-27-19-7-2-3-8-20(19)28-18-11-9-15(10-12-18)14-23-21(24)16-5-4-6-17(13-16)22(25)26/h2-3,7-12,16-17H,4-6,13-14H2,1H3,(H,23,24)(H,25,26). The van der Waals surface area contributed by atoms with Crippen molar-refractivity contribution in [1.82, 2.24) is 5.32 Å². The Hall–Kier alpha value is -3.02. The predicted molar refractivity (Wildman–Crippen MR) is 104 cm³/mol. The van der Waals surface area contributed by atoms with E-state index in [2.05, 4.69) is 5.32 Å². The first-order valence-electron chi connectivity index (χ1n) is 9.47. The number of carbonyl (C=O) groups excluding carboxylic acids is 1. The Bertz CT molecular complexity index is 818. The molecule has 2 aromatic rings. The summed E-state index contributed by atoms with van der Waals surface area (Å²) < 4.78 is 11.1. The molecule has 0 spiro atoms. The van der Waals surface area contributed by atoms with Crippen LogP contribution in [0.15, 0.2) is 48.5 Å². The van der Waals surface area contributed by atoms with Crippen LogP contribution in [0.5, 0.6) is 17.2 Å². The first-order valence-corrected chi connectivity index (χ1v) is 9.47. The number of methoxy groups -OCH3 is 1. The summed E-state index contributed by atoms with van der Waals surface area (Å²) in [7, 11) is 1.60. The molecule has 6 nitrogen and oxygen atoms in total. The number of hydrogen-bond acceptors (Lipinski definition) is 4. The molecule has 2 aromatic carbocycles. The summed E-state index contributed by atoms with van der Waals surface area (Å²) in [5.41, 5.74) is 0.950. The second kappa shape index (κ2) is 9.26. The van der Waals surface area contributed by atoms with E-state index in [1.807, 2.05) is 48.5 Å². The van der Waals surface area contributed by atoms with Gasteiger partial charge in [0.2, 0.25) is 5.91 Å². The lowest BCUT2D eigenvalue weighted by atomic mass is 9.81. The second-order valence-electron chi connectivity index (χ2n) is 7.01. The molecule has 0 heterocycles. The van der Waals surface area contributed by atoms with Gasteiger partial charge in [-0.2, -0.15) is 0 Å². The predicted octanol–water partition coefficient (Wildman–Crippen LogP) is 3.99. The highest BCUT2D eigenvalue weighted by molar-refractivity contribution is 5.80. The van der Waals surface area contributed by atoms with Gasteiger partial charge in [0.25, 0.3) is 0 Å². The Kier molecular flexibility index (Phi) is 6.53. The summed E-state index contributed by atoms with van der Waals surface area (Å²) in [6.45, 7) is 0.405. The van der Waals surface area contributed by atoms with Crippen molar-refractivity contribution in [2.45, 2.75) is 32.2 Å². The molecule has 148 valence electrons. The highest BCUT2D eigenvalue weighted by Gasteiger charge is 2.30. The van der Waals surface area contributed by atoms with Crippen molar-refractivity contribution >= 4 is 11.9 Å². The molecule has 0 aromatic heterocycles. The van der Waals surface area contributed by atoms with E-state index < -0.39 is 11.9 Å². The lowest BCUT2D eigenvalue weighted by Crippen LogP contribution is -2.35. The third-order valence-corrected chi connectivity index (χ3v) is 5.08. The van der Waals surface area contributed by atoms with Gasteiger partial charge >= 0.3 is 5.97 Å². The lowest BCUT2D eigenvalue weighted by Gasteiger charge is -2.25. The highest BCUT2D eigenvalue weighted by atomic mass is 16.5. The molecule has 28 heavy (non-hydrogen) atoms. The monoisotopic (exact) mass is 383 g/mol. The van der Waals surface area contributed by atoms with Crippen LogP contribution >= 0.6 is 0 Å². The van der Waals surface area contributed by atoms with E-state index in [-0.39, 0.29) is 11.8 Å². The summed E-state index contributed by atoms with van der Waals surface area (Å²) in [6.07, 6.45) is 2.62. The van der Waals surface area contributed by atoms with Crippen molar-refractivity contribution in [2.24, 2.45) is 11.8 Å². The van der Waals surface area contributed by atoms with Crippen LogP contribution in [0.25, 0.3) is 0 Å². The second-order valence-corrected chi connectivity index (χ2v) is 7.01. The number of hydrogen-bond donors (Lipinski definition) is 2. The fraction of sp³-hybridized carbons (Fsp3) is 0.364. The van der Waals surface area contributed by atoms with Crippen molar-refractivity contribution in [3.63, 3.8) is 0 Å². The minimum Gasteiger partial charge on any atom is -0.493 e. The molecule has 0 bridgehead atoms. The van der Waals surface area contributed by atoms with Gasteiger partial charge in [-0.25, -0.2) is 0 Å². The van der Waals surface area contributed by atoms with Gasteiger partial charge in [0, 0.05) is 12.5 Å². The quantitative estimate of drug-likeness (QED) is 0.755. The normalized spacial score (nSPS) is 18.9. The number of aliphatic carboxylic acids is 1. The molecule has 3 rings (SSSR count). The maximum absolute atomic E-state index is 12.4. The molecule has 1 amide bonds. The number of benzene rings is 2. The first-order chi connectivity index (χ1) is 13.6. The molecule has 0 aliphatic heterocycles. The smallest absolute Gasteiger partial charge is 0.306 e. The number of carboxylic acid groups (broad SMARTS) is 1. The van der Waals surface area contributed by atoms with E-state index in [0.717, 1.165) is 18.4 Å². The van der Waals surface area contributed by atoms with Crippen LogP contribution in [0.2, 0.25) is 0 Å².